The second-order valence-electron chi connectivity index (χ2n) is 7.17. The Labute approximate surface area is 165 Å². The van der Waals surface area contributed by atoms with Crippen molar-refractivity contribution in [3.05, 3.63) is 60.2 Å². The molecule has 1 saturated carbocycles. The van der Waals surface area contributed by atoms with Crippen LogP contribution in [0.4, 0.5) is 19.0 Å². The normalized spacial score (nSPS) is 19.8. The molecule has 0 spiro atoms. The van der Waals surface area contributed by atoms with Crippen LogP contribution in [0, 0.1) is 0 Å². The van der Waals surface area contributed by atoms with Gasteiger partial charge in [-0.2, -0.15) is 13.2 Å². The molecule has 29 heavy (non-hydrogen) atoms. The first kappa shape index (κ1) is 19.2. The first-order valence-corrected chi connectivity index (χ1v) is 9.43. The Morgan fingerprint density at radius 2 is 1.72 bits per heavy atom. The van der Waals surface area contributed by atoms with Crippen molar-refractivity contribution < 1.29 is 18.0 Å². The number of alkyl halides is 3. The number of fused-ring (bicyclic) bond motifs is 1. The third-order valence-corrected chi connectivity index (χ3v) is 5.14. The van der Waals surface area contributed by atoms with Gasteiger partial charge in [0, 0.05) is 36.2 Å². The number of carbonyl (C=O) groups is 1. The van der Waals surface area contributed by atoms with E-state index in [1.54, 1.807) is 42.7 Å². The van der Waals surface area contributed by atoms with Gasteiger partial charge in [-0.25, -0.2) is 4.98 Å². The molecule has 3 heterocycles. The molecule has 0 bridgehead atoms. The largest absolute Gasteiger partial charge is 0.434 e. The molecule has 0 aromatic carbocycles. The standard InChI is InChI=1S/C20H20F3N5O/c21-20(22,23)16-12-28-17(2-1-3-18(28)27-16)25-14-4-6-15(7-5-14)26-19(29)13-8-10-24-11-9-13/h1-3,8-12,14-15,25H,4-7H2,(H,26,29)/t14-,15+. The molecule has 0 unspecified atom stereocenters. The average Bonchev–Trinajstić information content (AvgIpc) is 3.16. The minimum atomic E-state index is -4.48. The van der Waals surface area contributed by atoms with Crippen LogP contribution in [-0.4, -0.2) is 32.4 Å². The first-order chi connectivity index (χ1) is 13.9. The van der Waals surface area contributed by atoms with Crippen LogP contribution in [0.15, 0.2) is 48.9 Å². The fourth-order valence-electron chi connectivity index (χ4n) is 3.63. The van der Waals surface area contributed by atoms with E-state index in [0.717, 1.165) is 31.9 Å². The van der Waals surface area contributed by atoms with Crippen molar-refractivity contribution in [3.63, 3.8) is 0 Å². The number of pyridine rings is 2. The zero-order valence-electron chi connectivity index (χ0n) is 15.5. The molecule has 1 aliphatic carbocycles. The number of imidazole rings is 1. The zero-order chi connectivity index (χ0) is 20.4. The van der Waals surface area contributed by atoms with Gasteiger partial charge in [-0.05, 0) is 49.9 Å². The monoisotopic (exact) mass is 403 g/mol. The number of nitrogens with one attached hydrogen (secondary N) is 2. The predicted molar refractivity (Wildman–Crippen MR) is 102 cm³/mol. The van der Waals surface area contributed by atoms with Crippen molar-refractivity contribution in [2.75, 3.05) is 5.32 Å². The summed E-state index contributed by atoms with van der Waals surface area (Å²) in [5, 5.41) is 6.36. The fraction of sp³-hybridized carbons (Fsp3) is 0.350. The summed E-state index contributed by atoms with van der Waals surface area (Å²) < 4.78 is 40.3. The molecule has 6 nitrogen and oxygen atoms in total. The van der Waals surface area contributed by atoms with E-state index in [4.69, 9.17) is 0 Å². The van der Waals surface area contributed by atoms with Crippen LogP contribution < -0.4 is 10.6 Å². The number of hydrogen-bond acceptors (Lipinski definition) is 4. The molecule has 1 fully saturated rings. The number of rotatable bonds is 4. The molecule has 0 atom stereocenters. The van der Waals surface area contributed by atoms with Gasteiger partial charge in [-0.1, -0.05) is 6.07 Å². The SMILES string of the molecule is O=C(N[C@H]1CC[C@@H](Nc2cccc3nc(C(F)(F)F)cn23)CC1)c1ccncc1. The van der Waals surface area contributed by atoms with E-state index in [2.05, 4.69) is 20.6 Å². The maximum absolute atomic E-state index is 13.0. The highest BCUT2D eigenvalue weighted by atomic mass is 19.4. The number of nitrogens with zero attached hydrogens (tertiary/aromatic N) is 3. The maximum atomic E-state index is 13.0. The highest BCUT2D eigenvalue weighted by molar-refractivity contribution is 5.94. The van der Waals surface area contributed by atoms with E-state index in [-0.39, 0.29) is 23.6 Å². The Balaban J connectivity index is 1.37. The van der Waals surface area contributed by atoms with Crippen LogP contribution in [0.3, 0.4) is 0 Å². The smallest absolute Gasteiger partial charge is 0.368 e. The fourth-order valence-corrected chi connectivity index (χ4v) is 3.63. The van der Waals surface area contributed by atoms with Gasteiger partial charge >= 0.3 is 6.18 Å². The second-order valence-corrected chi connectivity index (χ2v) is 7.17. The van der Waals surface area contributed by atoms with E-state index in [1.165, 1.54) is 4.40 Å². The van der Waals surface area contributed by atoms with E-state index in [0.29, 0.717) is 11.4 Å². The Morgan fingerprint density at radius 3 is 2.41 bits per heavy atom. The predicted octanol–water partition coefficient (Wildman–Crippen LogP) is 3.90. The number of halogens is 3. The lowest BCUT2D eigenvalue weighted by molar-refractivity contribution is -0.140. The van der Waals surface area contributed by atoms with Crippen molar-refractivity contribution in [1.82, 2.24) is 19.7 Å². The van der Waals surface area contributed by atoms with Crippen molar-refractivity contribution in [2.24, 2.45) is 0 Å². The molecule has 2 N–H and O–H groups in total. The molecular weight excluding hydrogens is 383 g/mol. The van der Waals surface area contributed by atoms with Crippen LogP contribution in [0.25, 0.3) is 5.65 Å². The second kappa shape index (κ2) is 7.73. The first-order valence-electron chi connectivity index (χ1n) is 9.43. The van der Waals surface area contributed by atoms with Crippen LogP contribution in [0.1, 0.15) is 41.7 Å². The van der Waals surface area contributed by atoms with Gasteiger partial charge in [0.05, 0.1) is 0 Å². The summed E-state index contributed by atoms with van der Waals surface area (Å²) in [6.45, 7) is 0. The lowest BCUT2D eigenvalue weighted by Crippen LogP contribution is -2.40. The highest BCUT2D eigenvalue weighted by Gasteiger charge is 2.34. The molecule has 0 radical (unpaired) electrons. The third-order valence-electron chi connectivity index (χ3n) is 5.14. The Morgan fingerprint density at radius 1 is 1.03 bits per heavy atom. The molecule has 3 aromatic rings. The summed E-state index contributed by atoms with van der Waals surface area (Å²) in [4.78, 5) is 19.8. The summed E-state index contributed by atoms with van der Waals surface area (Å²) in [5.74, 6) is 0.460. The lowest BCUT2D eigenvalue weighted by atomic mass is 9.91. The van der Waals surface area contributed by atoms with E-state index in [9.17, 15) is 18.0 Å². The van der Waals surface area contributed by atoms with Crippen molar-refractivity contribution in [1.29, 1.82) is 0 Å². The average molecular weight is 403 g/mol. The van der Waals surface area contributed by atoms with Gasteiger partial charge in [0.1, 0.15) is 11.5 Å². The van der Waals surface area contributed by atoms with Crippen LogP contribution in [0.5, 0.6) is 0 Å². The molecule has 9 heteroatoms. The number of hydrogen-bond donors (Lipinski definition) is 2. The van der Waals surface area contributed by atoms with E-state index < -0.39 is 11.9 Å². The van der Waals surface area contributed by atoms with E-state index >= 15 is 0 Å². The molecular formula is C20H20F3N5O. The molecule has 152 valence electrons. The molecule has 0 aliphatic heterocycles. The van der Waals surface area contributed by atoms with Gasteiger partial charge in [0.2, 0.25) is 0 Å². The Kier molecular flexibility index (Phi) is 5.12. The number of amides is 1. The van der Waals surface area contributed by atoms with Gasteiger partial charge in [0.15, 0.2) is 5.69 Å². The topological polar surface area (TPSA) is 71.3 Å². The summed E-state index contributed by atoms with van der Waals surface area (Å²) >= 11 is 0. The Bertz CT molecular complexity index is 994. The minimum absolute atomic E-state index is 0.0783. The van der Waals surface area contributed by atoms with Crippen LogP contribution in [0.2, 0.25) is 0 Å². The minimum Gasteiger partial charge on any atom is -0.368 e. The highest BCUT2D eigenvalue weighted by Crippen LogP contribution is 2.30. The summed E-state index contributed by atoms with van der Waals surface area (Å²) in [7, 11) is 0. The van der Waals surface area contributed by atoms with Crippen LogP contribution in [-0.2, 0) is 6.18 Å². The summed E-state index contributed by atoms with van der Waals surface area (Å²) in [6, 6.07) is 8.51. The van der Waals surface area contributed by atoms with Crippen molar-refractivity contribution >= 4 is 17.4 Å². The zero-order valence-corrected chi connectivity index (χ0v) is 15.5. The number of aromatic nitrogens is 3. The van der Waals surface area contributed by atoms with Crippen molar-refractivity contribution in [3.8, 4) is 0 Å². The quantitative estimate of drug-likeness (QED) is 0.693. The summed E-state index contributed by atoms with van der Waals surface area (Å²) in [6.07, 6.45) is 2.89. The number of anilines is 1. The maximum Gasteiger partial charge on any atom is 0.434 e. The van der Waals surface area contributed by atoms with Crippen LogP contribution >= 0.6 is 0 Å². The van der Waals surface area contributed by atoms with Gasteiger partial charge in [-0.15, -0.1) is 0 Å². The number of carbonyl (C=O) groups excluding carboxylic acids is 1. The molecule has 1 aliphatic rings. The van der Waals surface area contributed by atoms with Gasteiger partial charge in [0.25, 0.3) is 5.91 Å². The third kappa shape index (κ3) is 4.33. The van der Waals surface area contributed by atoms with E-state index in [1.807, 2.05) is 0 Å². The van der Waals surface area contributed by atoms with Gasteiger partial charge < -0.3 is 10.6 Å². The molecule has 3 aromatic heterocycles. The summed E-state index contributed by atoms with van der Waals surface area (Å²) in [5.41, 5.74) is -0.0811. The molecule has 1 amide bonds. The van der Waals surface area contributed by atoms with Gasteiger partial charge in [-0.3, -0.25) is 14.2 Å². The van der Waals surface area contributed by atoms with Crippen molar-refractivity contribution in [2.45, 2.75) is 43.9 Å². The lowest BCUT2D eigenvalue weighted by Gasteiger charge is -2.30. The molecule has 4 rings (SSSR count). The molecule has 0 saturated heterocycles. The Hall–Kier alpha value is -3.10.